The van der Waals surface area contributed by atoms with Crippen LogP contribution in [0.15, 0.2) is 48.5 Å². The van der Waals surface area contributed by atoms with Crippen LogP contribution in [0.2, 0.25) is 10.0 Å². The highest BCUT2D eigenvalue weighted by Crippen LogP contribution is 2.40. The maximum atomic E-state index is 12.2. The first-order valence-corrected chi connectivity index (χ1v) is 7.75. The Hall–Kier alpha value is -1.92. The highest BCUT2D eigenvalue weighted by molar-refractivity contribution is 6.36. The molecule has 0 aromatic heterocycles. The van der Waals surface area contributed by atoms with Crippen molar-refractivity contribution in [2.75, 3.05) is 7.05 Å². The van der Waals surface area contributed by atoms with Crippen molar-refractivity contribution in [3.8, 4) is 0 Å². The van der Waals surface area contributed by atoms with Gasteiger partial charge in [0.1, 0.15) is 5.60 Å². The summed E-state index contributed by atoms with van der Waals surface area (Å²) >= 11 is 12.4. The minimum absolute atomic E-state index is 0.169. The van der Waals surface area contributed by atoms with Gasteiger partial charge < -0.3 is 5.11 Å². The molecule has 0 bridgehead atoms. The molecule has 2 aromatic carbocycles. The molecule has 5 nitrogen and oxygen atoms in total. The first-order chi connectivity index (χ1) is 11.3. The average Bonchev–Trinajstić information content (AvgIpc) is 2.54. The maximum absolute atomic E-state index is 12.2. The lowest BCUT2D eigenvalue weighted by Gasteiger charge is -2.30. The van der Waals surface area contributed by atoms with Crippen molar-refractivity contribution in [1.82, 2.24) is 5.06 Å². The molecule has 2 rings (SSSR count). The number of carbonyl (C=O) groups is 2. The summed E-state index contributed by atoms with van der Waals surface area (Å²) in [6.45, 7) is 0. The molecule has 2 aromatic rings. The van der Waals surface area contributed by atoms with Gasteiger partial charge in [-0.3, -0.25) is 14.8 Å². The molecule has 0 saturated heterocycles. The van der Waals surface area contributed by atoms with Gasteiger partial charge in [-0.15, -0.1) is 0 Å². The summed E-state index contributed by atoms with van der Waals surface area (Å²) in [5.41, 5.74) is -1.44. The predicted octanol–water partition coefficient (Wildman–Crippen LogP) is 3.04. The molecule has 0 radical (unpaired) electrons. The Morgan fingerprint density at radius 3 is 1.79 bits per heavy atom. The van der Waals surface area contributed by atoms with E-state index in [1.54, 1.807) is 48.5 Å². The number of ketones is 1. The molecule has 0 heterocycles. The molecule has 24 heavy (non-hydrogen) atoms. The quantitative estimate of drug-likeness (QED) is 0.483. The van der Waals surface area contributed by atoms with Crippen molar-refractivity contribution in [1.29, 1.82) is 0 Å². The maximum Gasteiger partial charge on any atom is 0.313 e. The highest BCUT2D eigenvalue weighted by atomic mass is 35.5. The first kappa shape index (κ1) is 18.4. The first-order valence-electron chi connectivity index (χ1n) is 6.99. The second kappa shape index (κ2) is 7.32. The van der Waals surface area contributed by atoms with Crippen molar-refractivity contribution < 1.29 is 19.9 Å². The van der Waals surface area contributed by atoms with Crippen molar-refractivity contribution in [3.63, 3.8) is 0 Å². The lowest BCUT2D eigenvalue weighted by molar-refractivity contribution is -0.166. The summed E-state index contributed by atoms with van der Waals surface area (Å²) in [6, 6.07) is 12.9. The fraction of sp³-hybridized carbons (Fsp3) is 0.176. The molecule has 0 aliphatic heterocycles. The number of hydrogen-bond donors (Lipinski definition) is 2. The van der Waals surface area contributed by atoms with Crippen LogP contribution >= 0.6 is 23.2 Å². The monoisotopic (exact) mass is 367 g/mol. The standard InChI is InChI=1S/C17H15Cl2NO4/c1-20(24)16(22)15(21)10-17(23,11-6-2-4-8-13(11)18)12-7-3-5-9-14(12)19/h2-9,23-24H,10H2,1H3. The van der Waals surface area contributed by atoms with Crippen LogP contribution < -0.4 is 0 Å². The summed E-state index contributed by atoms with van der Waals surface area (Å²) in [4.78, 5) is 23.9. The number of likely N-dealkylation sites (N-methyl/N-ethyl adjacent to an activating group) is 1. The normalized spacial score (nSPS) is 11.2. The van der Waals surface area contributed by atoms with Gasteiger partial charge in [-0.1, -0.05) is 59.6 Å². The van der Waals surface area contributed by atoms with E-state index in [-0.39, 0.29) is 26.2 Å². The van der Waals surface area contributed by atoms with E-state index < -0.39 is 23.7 Å². The third-order valence-corrected chi connectivity index (χ3v) is 4.25. The van der Waals surface area contributed by atoms with E-state index in [0.717, 1.165) is 7.05 Å². The molecule has 1 amide bonds. The lowest BCUT2D eigenvalue weighted by atomic mass is 9.82. The number of carbonyl (C=O) groups excluding carboxylic acids is 2. The molecule has 7 heteroatoms. The van der Waals surface area contributed by atoms with Crippen LogP contribution in [-0.2, 0) is 15.2 Å². The fourth-order valence-corrected chi connectivity index (χ4v) is 3.00. The Labute approximate surface area is 149 Å². The van der Waals surface area contributed by atoms with Crippen LogP contribution in [0.3, 0.4) is 0 Å². The SMILES string of the molecule is CN(O)C(=O)C(=O)CC(O)(c1ccccc1Cl)c1ccccc1Cl. The molecule has 126 valence electrons. The summed E-state index contributed by atoms with van der Waals surface area (Å²) in [5.74, 6) is -2.13. The largest absolute Gasteiger partial charge is 0.380 e. The van der Waals surface area contributed by atoms with Gasteiger partial charge in [0.25, 0.3) is 0 Å². The van der Waals surface area contributed by atoms with Crippen LogP contribution in [0.4, 0.5) is 0 Å². The Morgan fingerprint density at radius 2 is 1.42 bits per heavy atom. The molecular weight excluding hydrogens is 353 g/mol. The second-order valence-corrected chi connectivity index (χ2v) is 6.06. The smallest absolute Gasteiger partial charge is 0.313 e. The highest BCUT2D eigenvalue weighted by Gasteiger charge is 2.39. The number of hydrogen-bond acceptors (Lipinski definition) is 4. The summed E-state index contributed by atoms with van der Waals surface area (Å²) in [6.07, 6.45) is -0.621. The average molecular weight is 368 g/mol. The van der Waals surface area contributed by atoms with Crippen LogP contribution in [-0.4, -0.2) is 34.1 Å². The number of amides is 1. The van der Waals surface area contributed by atoms with Gasteiger partial charge >= 0.3 is 5.91 Å². The van der Waals surface area contributed by atoms with E-state index in [9.17, 15) is 14.7 Å². The third kappa shape index (κ3) is 3.60. The van der Waals surface area contributed by atoms with E-state index in [2.05, 4.69) is 0 Å². The van der Waals surface area contributed by atoms with E-state index in [1.807, 2.05) is 0 Å². The molecule has 0 unspecified atom stereocenters. The lowest BCUT2D eigenvalue weighted by Crippen LogP contribution is -2.38. The number of halogens is 2. The molecule has 2 N–H and O–H groups in total. The Morgan fingerprint density at radius 1 is 1.00 bits per heavy atom. The number of Topliss-reactive ketones (excluding diaryl/α,β-unsaturated/α-hetero) is 1. The van der Waals surface area contributed by atoms with Crippen LogP contribution in [0.25, 0.3) is 0 Å². The third-order valence-electron chi connectivity index (χ3n) is 3.59. The van der Waals surface area contributed by atoms with Crippen LogP contribution in [0.1, 0.15) is 17.5 Å². The Balaban J connectivity index is 2.59. The van der Waals surface area contributed by atoms with E-state index >= 15 is 0 Å². The van der Waals surface area contributed by atoms with E-state index in [0.29, 0.717) is 0 Å². The van der Waals surface area contributed by atoms with Crippen molar-refractivity contribution >= 4 is 34.9 Å². The van der Waals surface area contributed by atoms with Crippen LogP contribution in [0, 0.1) is 0 Å². The Kier molecular flexibility index (Phi) is 5.62. The molecule has 0 aliphatic rings. The zero-order valence-corrected chi connectivity index (χ0v) is 14.3. The zero-order chi connectivity index (χ0) is 17.9. The van der Waals surface area contributed by atoms with Gasteiger partial charge in [-0.05, 0) is 12.1 Å². The molecule has 0 fully saturated rings. The van der Waals surface area contributed by atoms with E-state index in [4.69, 9.17) is 28.4 Å². The van der Waals surface area contributed by atoms with Crippen molar-refractivity contribution in [3.05, 3.63) is 69.7 Å². The van der Waals surface area contributed by atoms with Gasteiger partial charge in [0.15, 0.2) is 0 Å². The minimum atomic E-state index is -1.92. The zero-order valence-electron chi connectivity index (χ0n) is 12.7. The number of aliphatic hydroxyl groups is 1. The molecule has 0 saturated carbocycles. The van der Waals surface area contributed by atoms with Gasteiger partial charge in [0.2, 0.25) is 5.78 Å². The van der Waals surface area contributed by atoms with Gasteiger partial charge in [-0.25, -0.2) is 5.06 Å². The number of nitrogens with zero attached hydrogens (tertiary/aromatic N) is 1. The van der Waals surface area contributed by atoms with Crippen molar-refractivity contribution in [2.45, 2.75) is 12.0 Å². The van der Waals surface area contributed by atoms with Crippen molar-refractivity contribution in [2.24, 2.45) is 0 Å². The molecule has 0 spiro atoms. The number of benzene rings is 2. The van der Waals surface area contributed by atoms with Gasteiger partial charge in [-0.2, -0.15) is 0 Å². The van der Waals surface area contributed by atoms with Gasteiger partial charge in [0.05, 0.1) is 6.42 Å². The molecule has 0 atom stereocenters. The number of rotatable bonds is 5. The van der Waals surface area contributed by atoms with E-state index in [1.165, 1.54) is 0 Å². The van der Waals surface area contributed by atoms with Gasteiger partial charge in [0, 0.05) is 28.2 Å². The fourth-order valence-electron chi connectivity index (χ4n) is 2.42. The summed E-state index contributed by atoms with van der Waals surface area (Å²) in [7, 11) is 1.03. The van der Waals surface area contributed by atoms with Crippen LogP contribution in [0.5, 0.6) is 0 Å². The summed E-state index contributed by atoms with van der Waals surface area (Å²) in [5, 5.41) is 21.1. The summed E-state index contributed by atoms with van der Waals surface area (Å²) < 4.78 is 0. The molecule has 0 aliphatic carbocycles. The topological polar surface area (TPSA) is 77.8 Å². The second-order valence-electron chi connectivity index (χ2n) is 5.25. The number of hydroxylamine groups is 2. The molecular formula is C17H15Cl2NO4. The Bertz CT molecular complexity index is 731. The predicted molar refractivity (Wildman–Crippen MR) is 90.1 cm³/mol. The minimum Gasteiger partial charge on any atom is -0.380 e.